The van der Waals surface area contributed by atoms with Crippen molar-refractivity contribution in [2.75, 3.05) is 39.9 Å². The lowest BCUT2D eigenvalue weighted by atomic mass is 9.80. The van der Waals surface area contributed by atoms with Crippen LogP contribution in [-0.4, -0.2) is 66.3 Å². The number of carbonyl (C=O) groups excluding carboxylic acids is 1. The van der Waals surface area contributed by atoms with Gasteiger partial charge in [0.25, 0.3) is 5.91 Å². The summed E-state index contributed by atoms with van der Waals surface area (Å²) in [6, 6.07) is 3.69. The van der Waals surface area contributed by atoms with Crippen molar-refractivity contribution >= 4 is 5.91 Å². The van der Waals surface area contributed by atoms with Gasteiger partial charge >= 0.3 is 0 Å². The van der Waals surface area contributed by atoms with Crippen LogP contribution in [0.25, 0.3) is 0 Å². The molecule has 2 aliphatic rings. The van der Waals surface area contributed by atoms with Crippen LogP contribution < -0.4 is 0 Å². The Morgan fingerprint density at radius 3 is 2.80 bits per heavy atom. The average molecular weight is 350 g/mol. The van der Waals surface area contributed by atoms with Crippen molar-refractivity contribution in [3.8, 4) is 0 Å². The van der Waals surface area contributed by atoms with Gasteiger partial charge in [0.1, 0.15) is 5.76 Å². The van der Waals surface area contributed by atoms with Crippen LogP contribution in [0.2, 0.25) is 0 Å². The van der Waals surface area contributed by atoms with Gasteiger partial charge in [0.2, 0.25) is 0 Å². The minimum absolute atomic E-state index is 0.0133. The van der Waals surface area contributed by atoms with Crippen LogP contribution in [0.3, 0.4) is 0 Å². The molecular formula is C19H30N2O4. The number of rotatable bonds is 6. The van der Waals surface area contributed by atoms with Crippen molar-refractivity contribution in [1.29, 1.82) is 0 Å². The zero-order chi connectivity index (χ0) is 17.9. The average Bonchev–Trinajstić information content (AvgIpc) is 3.27. The second-order valence-corrected chi connectivity index (χ2v) is 7.50. The molecule has 6 nitrogen and oxygen atoms in total. The summed E-state index contributed by atoms with van der Waals surface area (Å²) in [4.78, 5) is 16.9. The molecule has 3 heterocycles. The number of ether oxygens (including phenoxy) is 1. The first-order chi connectivity index (χ1) is 12.0. The summed E-state index contributed by atoms with van der Waals surface area (Å²) in [6.45, 7) is 6.61. The molecule has 1 N–H and O–H groups in total. The normalized spacial score (nSPS) is 27.8. The molecule has 25 heavy (non-hydrogen) atoms. The molecule has 0 aliphatic carbocycles. The number of hydrogen-bond donors (Lipinski definition) is 1. The molecule has 0 bridgehead atoms. The number of aliphatic hydroxyl groups is 1. The Labute approximate surface area is 149 Å². The van der Waals surface area contributed by atoms with E-state index in [2.05, 4.69) is 4.90 Å². The van der Waals surface area contributed by atoms with Crippen LogP contribution in [0, 0.1) is 5.92 Å². The Kier molecular flexibility index (Phi) is 5.81. The number of furan rings is 1. The molecule has 140 valence electrons. The molecule has 0 saturated carbocycles. The molecule has 1 aromatic heterocycles. The Hall–Kier alpha value is -1.37. The molecule has 3 rings (SSSR count). The zero-order valence-electron chi connectivity index (χ0n) is 15.4. The molecule has 6 heteroatoms. The van der Waals surface area contributed by atoms with Gasteiger partial charge in [-0.05, 0) is 50.9 Å². The van der Waals surface area contributed by atoms with Gasteiger partial charge in [0.05, 0.1) is 12.1 Å². The van der Waals surface area contributed by atoms with Gasteiger partial charge in [-0.2, -0.15) is 0 Å². The van der Waals surface area contributed by atoms with Crippen LogP contribution in [-0.2, 0) is 11.3 Å². The van der Waals surface area contributed by atoms with Gasteiger partial charge in [-0.1, -0.05) is 6.92 Å². The highest BCUT2D eigenvalue weighted by atomic mass is 16.5. The lowest BCUT2D eigenvalue weighted by Crippen LogP contribution is -2.52. The standard InChI is InChI=1S/C19H30N2O4/c1-15-13-21(11-7-19(15,23)8-12-24-2)18(22)17-6-5-16(25-17)14-20-9-3-4-10-20/h5-6,15,23H,3-4,7-14H2,1-2H3/t15-,19-/m0/s1. The summed E-state index contributed by atoms with van der Waals surface area (Å²) in [5.74, 6) is 1.20. The molecule has 1 amide bonds. The van der Waals surface area contributed by atoms with E-state index >= 15 is 0 Å². The number of likely N-dealkylation sites (tertiary alicyclic amines) is 2. The van der Waals surface area contributed by atoms with Gasteiger partial charge in [0, 0.05) is 32.7 Å². The highest BCUT2D eigenvalue weighted by Gasteiger charge is 2.40. The van der Waals surface area contributed by atoms with E-state index in [0.29, 0.717) is 38.3 Å². The summed E-state index contributed by atoms with van der Waals surface area (Å²) >= 11 is 0. The lowest BCUT2D eigenvalue weighted by Gasteiger charge is -2.43. The monoisotopic (exact) mass is 350 g/mol. The van der Waals surface area contributed by atoms with E-state index in [-0.39, 0.29) is 11.8 Å². The minimum atomic E-state index is -0.753. The fourth-order valence-electron chi connectivity index (χ4n) is 3.90. The predicted molar refractivity (Wildman–Crippen MR) is 94.3 cm³/mol. The van der Waals surface area contributed by atoms with Gasteiger partial charge in [-0.15, -0.1) is 0 Å². The summed E-state index contributed by atoms with van der Waals surface area (Å²) in [5.41, 5.74) is -0.753. The maximum atomic E-state index is 12.7. The predicted octanol–water partition coefficient (Wildman–Crippen LogP) is 2.12. The second-order valence-electron chi connectivity index (χ2n) is 7.50. The molecule has 1 aromatic rings. The van der Waals surface area contributed by atoms with Gasteiger partial charge in [0.15, 0.2) is 5.76 Å². The van der Waals surface area contributed by atoms with E-state index in [1.54, 1.807) is 18.1 Å². The summed E-state index contributed by atoms with van der Waals surface area (Å²) in [7, 11) is 1.64. The first-order valence-electron chi connectivity index (χ1n) is 9.33. The number of nitrogens with zero attached hydrogens (tertiary/aromatic N) is 2. The van der Waals surface area contributed by atoms with Gasteiger partial charge in [-0.25, -0.2) is 0 Å². The summed E-state index contributed by atoms with van der Waals surface area (Å²) in [5, 5.41) is 10.8. The van der Waals surface area contributed by atoms with E-state index in [1.807, 2.05) is 13.0 Å². The molecule has 2 atom stereocenters. The molecule has 2 aliphatic heterocycles. The smallest absolute Gasteiger partial charge is 0.289 e. The Balaban J connectivity index is 1.57. The quantitative estimate of drug-likeness (QED) is 0.851. The topological polar surface area (TPSA) is 66.2 Å². The molecule has 0 unspecified atom stereocenters. The van der Waals surface area contributed by atoms with Crippen molar-refractivity contribution in [2.24, 2.45) is 5.92 Å². The number of carbonyl (C=O) groups is 1. The third-order valence-electron chi connectivity index (χ3n) is 5.70. The maximum absolute atomic E-state index is 12.7. The Bertz CT molecular complexity index is 582. The Morgan fingerprint density at radius 2 is 2.12 bits per heavy atom. The Morgan fingerprint density at radius 1 is 1.36 bits per heavy atom. The number of amides is 1. The van der Waals surface area contributed by atoms with E-state index < -0.39 is 5.60 Å². The number of piperidine rings is 1. The zero-order valence-corrected chi connectivity index (χ0v) is 15.4. The minimum Gasteiger partial charge on any atom is -0.455 e. The summed E-state index contributed by atoms with van der Waals surface area (Å²) < 4.78 is 10.9. The first kappa shape index (κ1) is 18.4. The molecular weight excluding hydrogens is 320 g/mol. The molecule has 2 fully saturated rings. The van der Waals surface area contributed by atoms with E-state index in [1.165, 1.54) is 12.8 Å². The van der Waals surface area contributed by atoms with E-state index in [9.17, 15) is 9.90 Å². The van der Waals surface area contributed by atoms with Crippen LogP contribution in [0.1, 0.15) is 48.9 Å². The SMILES string of the molecule is COCC[C@@]1(O)CCN(C(=O)c2ccc(CN3CCCC3)o2)C[C@@H]1C. The van der Waals surface area contributed by atoms with Gasteiger partial charge < -0.3 is 19.2 Å². The third-order valence-corrected chi connectivity index (χ3v) is 5.70. The van der Waals surface area contributed by atoms with Crippen molar-refractivity contribution in [3.63, 3.8) is 0 Å². The van der Waals surface area contributed by atoms with Crippen LogP contribution >= 0.6 is 0 Å². The second kappa shape index (κ2) is 7.89. The molecule has 0 radical (unpaired) electrons. The first-order valence-corrected chi connectivity index (χ1v) is 9.33. The number of methoxy groups -OCH3 is 1. The molecule has 0 spiro atoms. The van der Waals surface area contributed by atoms with E-state index in [0.717, 1.165) is 25.4 Å². The molecule has 2 saturated heterocycles. The fourth-order valence-corrected chi connectivity index (χ4v) is 3.90. The van der Waals surface area contributed by atoms with Gasteiger partial charge in [-0.3, -0.25) is 9.69 Å². The van der Waals surface area contributed by atoms with Crippen molar-refractivity contribution < 1.29 is 19.1 Å². The van der Waals surface area contributed by atoms with Crippen LogP contribution in [0.4, 0.5) is 0 Å². The largest absolute Gasteiger partial charge is 0.455 e. The maximum Gasteiger partial charge on any atom is 0.289 e. The highest BCUT2D eigenvalue weighted by molar-refractivity contribution is 5.91. The van der Waals surface area contributed by atoms with Crippen molar-refractivity contribution in [1.82, 2.24) is 9.80 Å². The van der Waals surface area contributed by atoms with Crippen molar-refractivity contribution in [2.45, 2.75) is 44.8 Å². The third kappa shape index (κ3) is 4.25. The molecule has 0 aromatic carbocycles. The highest BCUT2D eigenvalue weighted by Crippen LogP contribution is 2.31. The van der Waals surface area contributed by atoms with Crippen LogP contribution in [0.5, 0.6) is 0 Å². The van der Waals surface area contributed by atoms with Crippen LogP contribution in [0.15, 0.2) is 16.5 Å². The lowest BCUT2D eigenvalue weighted by molar-refractivity contribution is -0.0753. The van der Waals surface area contributed by atoms with Crippen molar-refractivity contribution in [3.05, 3.63) is 23.7 Å². The fraction of sp³-hybridized carbons (Fsp3) is 0.737. The number of hydrogen-bond acceptors (Lipinski definition) is 5. The summed E-state index contributed by atoms with van der Waals surface area (Å²) in [6.07, 6.45) is 3.66. The van der Waals surface area contributed by atoms with E-state index in [4.69, 9.17) is 9.15 Å².